The quantitative estimate of drug-likeness (QED) is 0.757. The minimum Gasteiger partial charge on any atom is -0.493 e. The van der Waals surface area contributed by atoms with E-state index in [0.29, 0.717) is 5.69 Å². The lowest BCUT2D eigenvalue weighted by molar-refractivity contribution is -0.0515. The molecule has 3 aromatic rings. The highest BCUT2D eigenvalue weighted by Crippen LogP contribution is 2.33. The molecule has 2 aromatic carbocycles. The van der Waals surface area contributed by atoms with Crippen LogP contribution < -0.4 is 14.8 Å². The number of pyridine rings is 1. The van der Waals surface area contributed by atoms with Crippen LogP contribution in [0.15, 0.2) is 54.7 Å². The third kappa shape index (κ3) is 3.65. The van der Waals surface area contributed by atoms with Gasteiger partial charge in [-0.3, -0.25) is 9.78 Å². The average Bonchev–Trinajstić information content (AvgIpc) is 2.61. The zero-order chi connectivity index (χ0) is 17.8. The summed E-state index contributed by atoms with van der Waals surface area (Å²) in [7, 11) is 1.31. The summed E-state index contributed by atoms with van der Waals surface area (Å²) in [5.74, 6) is -0.873. The molecule has 5 nitrogen and oxygen atoms in total. The smallest absolute Gasteiger partial charge is 0.387 e. The van der Waals surface area contributed by atoms with Crippen molar-refractivity contribution in [1.82, 2.24) is 4.98 Å². The third-order valence-electron chi connectivity index (χ3n) is 3.50. The number of nitrogens with zero attached hydrogens (tertiary/aromatic N) is 1. The Balaban J connectivity index is 1.91. The fraction of sp³-hybridized carbons (Fsp3) is 0.111. The molecule has 0 atom stereocenters. The molecule has 128 valence electrons. The van der Waals surface area contributed by atoms with Crippen molar-refractivity contribution in [3.63, 3.8) is 0 Å². The number of para-hydroxylation sites is 2. The number of ether oxygens (including phenoxy) is 2. The predicted molar refractivity (Wildman–Crippen MR) is 89.3 cm³/mol. The maximum Gasteiger partial charge on any atom is 0.387 e. The van der Waals surface area contributed by atoms with Crippen LogP contribution >= 0.6 is 0 Å². The van der Waals surface area contributed by atoms with E-state index in [9.17, 15) is 13.6 Å². The molecule has 1 aromatic heterocycles. The van der Waals surface area contributed by atoms with Gasteiger partial charge >= 0.3 is 6.61 Å². The number of carbonyl (C=O) groups excluding carboxylic acids is 1. The maximum absolute atomic E-state index is 12.7. The Kier molecular flexibility index (Phi) is 4.74. The molecule has 0 aliphatic carbocycles. The summed E-state index contributed by atoms with van der Waals surface area (Å²) in [4.78, 5) is 16.7. The number of fused-ring (bicyclic) bond motifs is 1. The minimum atomic E-state index is -3.08. The lowest BCUT2D eigenvalue weighted by Gasteiger charge is -2.14. The summed E-state index contributed by atoms with van der Waals surface area (Å²) in [5, 5.41) is 3.48. The number of anilines is 1. The summed E-state index contributed by atoms with van der Waals surface area (Å²) in [6.07, 6.45) is 1.49. The molecule has 25 heavy (non-hydrogen) atoms. The number of hydrogen-bond donors (Lipinski definition) is 1. The molecule has 0 saturated heterocycles. The van der Waals surface area contributed by atoms with E-state index in [1.807, 2.05) is 24.3 Å². The van der Waals surface area contributed by atoms with Crippen molar-refractivity contribution in [2.45, 2.75) is 6.61 Å². The van der Waals surface area contributed by atoms with Crippen LogP contribution in [0.4, 0.5) is 14.5 Å². The van der Waals surface area contributed by atoms with Gasteiger partial charge in [0, 0.05) is 5.39 Å². The first-order valence-electron chi connectivity index (χ1n) is 7.36. The van der Waals surface area contributed by atoms with Crippen LogP contribution in [0.25, 0.3) is 10.9 Å². The summed E-state index contributed by atoms with van der Waals surface area (Å²) >= 11 is 0. The van der Waals surface area contributed by atoms with Crippen molar-refractivity contribution in [3.05, 3.63) is 60.3 Å². The highest BCUT2D eigenvalue weighted by atomic mass is 19.3. The second-order valence-corrected chi connectivity index (χ2v) is 5.09. The monoisotopic (exact) mass is 344 g/mol. The van der Waals surface area contributed by atoms with Crippen molar-refractivity contribution in [2.75, 3.05) is 12.4 Å². The molecule has 0 aliphatic rings. The van der Waals surface area contributed by atoms with Crippen molar-refractivity contribution < 1.29 is 23.0 Å². The van der Waals surface area contributed by atoms with E-state index < -0.39 is 12.5 Å². The lowest BCUT2D eigenvalue weighted by Crippen LogP contribution is -2.15. The van der Waals surface area contributed by atoms with Gasteiger partial charge in [-0.05, 0) is 24.3 Å². The van der Waals surface area contributed by atoms with Crippen molar-refractivity contribution in [3.8, 4) is 11.5 Å². The molecular weight excluding hydrogens is 330 g/mol. The Morgan fingerprint density at radius 2 is 1.96 bits per heavy atom. The largest absolute Gasteiger partial charge is 0.493 e. The Labute approximate surface area is 142 Å². The van der Waals surface area contributed by atoms with Crippen LogP contribution in [0.1, 0.15) is 10.4 Å². The molecule has 1 amide bonds. The van der Waals surface area contributed by atoms with Gasteiger partial charge in [0.1, 0.15) is 0 Å². The van der Waals surface area contributed by atoms with Gasteiger partial charge in [-0.1, -0.05) is 24.3 Å². The summed E-state index contributed by atoms with van der Waals surface area (Å²) < 4.78 is 34.8. The van der Waals surface area contributed by atoms with Gasteiger partial charge in [0.25, 0.3) is 5.91 Å². The van der Waals surface area contributed by atoms with Gasteiger partial charge in [0.2, 0.25) is 0 Å². The first-order chi connectivity index (χ1) is 12.1. The third-order valence-corrected chi connectivity index (χ3v) is 3.50. The zero-order valence-corrected chi connectivity index (χ0v) is 13.2. The number of halogens is 2. The molecule has 1 heterocycles. The van der Waals surface area contributed by atoms with Crippen LogP contribution in [0.2, 0.25) is 0 Å². The molecule has 3 rings (SSSR count). The molecule has 0 unspecified atom stereocenters. The molecule has 0 spiro atoms. The maximum atomic E-state index is 12.7. The number of benzene rings is 2. The van der Waals surface area contributed by atoms with Crippen LogP contribution in [0.3, 0.4) is 0 Å². The van der Waals surface area contributed by atoms with Gasteiger partial charge in [0.05, 0.1) is 30.1 Å². The number of carbonyl (C=O) groups is 1. The van der Waals surface area contributed by atoms with Gasteiger partial charge in [-0.15, -0.1) is 0 Å². The van der Waals surface area contributed by atoms with Crippen molar-refractivity contribution in [2.24, 2.45) is 0 Å². The molecule has 1 N–H and O–H groups in total. The summed E-state index contributed by atoms with van der Waals surface area (Å²) in [6.45, 7) is -3.08. The Bertz CT molecular complexity index is 916. The highest BCUT2D eigenvalue weighted by Gasteiger charge is 2.20. The van der Waals surface area contributed by atoms with Crippen LogP contribution in [0, 0.1) is 0 Å². The number of alkyl halides is 2. The Morgan fingerprint density at radius 3 is 2.72 bits per heavy atom. The predicted octanol–water partition coefficient (Wildman–Crippen LogP) is 4.10. The summed E-state index contributed by atoms with van der Waals surface area (Å²) in [5.41, 5.74) is 1.16. The SMILES string of the molecule is COc1cccc(C(=O)Nc2cnc3ccccc3c2)c1OC(F)F. The second kappa shape index (κ2) is 7.12. The van der Waals surface area contributed by atoms with E-state index in [1.54, 1.807) is 6.07 Å². The van der Waals surface area contributed by atoms with Crippen LogP contribution in [-0.2, 0) is 0 Å². The van der Waals surface area contributed by atoms with E-state index in [-0.39, 0.29) is 17.1 Å². The number of hydrogen-bond acceptors (Lipinski definition) is 4. The average molecular weight is 344 g/mol. The topological polar surface area (TPSA) is 60.5 Å². The van der Waals surface area contributed by atoms with Gasteiger partial charge in [-0.2, -0.15) is 8.78 Å². The number of amides is 1. The van der Waals surface area contributed by atoms with Crippen LogP contribution in [0.5, 0.6) is 11.5 Å². The second-order valence-electron chi connectivity index (χ2n) is 5.09. The highest BCUT2D eigenvalue weighted by molar-refractivity contribution is 6.07. The van der Waals surface area contributed by atoms with E-state index >= 15 is 0 Å². The molecule has 0 aliphatic heterocycles. The van der Waals surface area contributed by atoms with E-state index in [0.717, 1.165) is 10.9 Å². The Hall–Kier alpha value is -3.22. The first kappa shape index (κ1) is 16.6. The molecule has 0 saturated carbocycles. The number of rotatable bonds is 5. The molecule has 0 radical (unpaired) electrons. The fourth-order valence-electron chi connectivity index (χ4n) is 2.40. The van der Waals surface area contributed by atoms with E-state index in [1.165, 1.54) is 31.5 Å². The van der Waals surface area contributed by atoms with E-state index in [2.05, 4.69) is 15.0 Å². The van der Waals surface area contributed by atoms with Crippen molar-refractivity contribution >= 4 is 22.5 Å². The number of methoxy groups -OCH3 is 1. The molecule has 0 bridgehead atoms. The minimum absolute atomic E-state index is 0.0459. The standard InChI is InChI=1S/C18H14F2N2O3/c1-24-15-8-4-6-13(16(15)25-18(19)20)17(23)22-12-9-11-5-2-3-7-14(11)21-10-12/h2-10,18H,1H3,(H,22,23). The summed E-state index contributed by atoms with van der Waals surface area (Å²) in [6, 6.07) is 13.5. The van der Waals surface area contributed by atoms with E-state index in [4.69, 9.17) is 4.74 Å². The Morgan fingerprint density at radius 1 is 1.16 bits per heavy atom. The normalized spacial score (nSPS) is 10.7. The zero-order valence-electron chi connectivity index (χ0n) is 13.2. The van der Waals surface area contributed by atoms with Crippen LogP contribution in [-0.4, -0.2) is 24.6 Å². The molecular formula is C18H14F2N2O3. The first-order valence-corrected chi connectivity index (χ1v) is 7.36. The lowest BCUT2D eigenvalue weighted by atomic mass is 10.1. The van der Waals surface area contributed by atoms with Gasteiger partial charge in [-0.25, -0.2) is 0 Å². The molecule has 0 fully saturated rings. The van der Waals surface area contributed by atoms with Gasteiger partial charge < -0.3 is 14.8 Å². The fourth-order valence-corrected chi connectivity index (χ4v) is 2.40. The number of nitrogens with one attached hydrogen (secondary N) is 1. The molecule has 7 heteroatoms. The number of aromatic nitrogens is 1. The van der Waals surface area contributed by atoms with Gasteiger partial charge in [0.15, 0.2) is 11.5 Å². The van der Waals surface area contributed by atoms with Crippen molar-refractivity contribution in [1.29, 1.82) is 0 Å².